The zero-order chi connectivity index (χ0) is 9.73. The summed E-state index contributed by atoms with van der Waals surface area (Å²) in [5.74, 6) is 0.798. The molecule has 1 unspecified atom stereocenters. The molecule has 0 amide bonds. The predicted molar refractivity (Wildman–Crippen MR) is 52.5 cm³/mol. The molecule has 0 heterocycles. The van der Waals surface area contributed by atoms with E-state index in [2.05, 4.69) is 0 Å². The summed E-state index contributed by atoms with van der Waals surface area (Å²) in [7, 11) is 0. The van der Waals surface area contributed by atoms with E-state index in [0.717, 1.165) is 12.3 Å². The van der Waals surface area contributed by atoms with Crippen molar-refractivity contribution in [2.24, 2.45) is 11.7 Å². The summed E-state index contributed by atoms with van der Waals surface area (Å²) in [6.07, 6.45) is 5.03. The predicted octanol–water partition coefficient (Wildman–Crippen LogP) is 0.903. The lowest BCUT2D eigenvalue weighted by Gasteiger charge is -2.36. The highest BCUT2D eigenvalue weighted by Gasteiger charge is 2.30. The van der Waals surface area contributed by atoms with Gasteiger partial charge in [-0.15, -0.1) is 0 Å². The summed E-state index contributed by atoms with van der Waals surface area (Å²) in [5, 5.41) is 8.66. The molecular weight excluding hydrogens is 166 g/mol. The largest absolute Gasteiger partial charge is 0.394 e. The smallest absolute Gasteiger partial charge is 0.0779 e. The molecule has 0 radical (unpaired) electrons. The fourth-order valence-electron chi connectivity index (χ4n) is 1.80. The van der Waals surface area contributed by atoms with E-state index < -0.39 is 0 Å². The summed E-state index contributed by atoms with van der Waals surface area (Å²) in [6.45, 7) is 3.07. The number of ether oxygens (including phenoxy) is 1. The van der Waals surface area contributed by atoms with Gasteiger partial charge in [0.2, 0.25) is 0 Å². The Morgan fingerprint density at radius 2 is 2.23 bits per heavy atom. The standard InChI is InChI=1S/C10H21NO2/c1-10(8-11,13-6-5-12)7-9-3-2-4-9/h9,12H,2-8,11H2,1H3. The number of hydrogen-bond acceptors (Lipinski definition) is 3. The van der Waals surface area contributed by atoms with Crippen LogP contribution in [0.15, 0.2) is 0 Å². The maximum absolute atomic E-state index is 8.66. The first-order valence-electron chi connectivity index (χ1n) is 5.15. The molecule has 3 heteroatoms. The lowest BCUT2D eigenvalue weighted by Crippen LogP contribution is -2.41. The second-order valence-electron chi connectivity index (χ2n) is 4.23. The molecule has 0 aromatic heterocycles. The summed E-state index contributed by atoms with van der Waals surface area (Å²) in [6, 6.07) is 0. The first-order chi connectivity index (χ1) is 6.20. The van der Waals surface area contributed by atoms with E-state index in [4.69, 9.17) is 15.6 Å². The molecule has 3 nitrogen and oxygen atoms in total. The van der Waals surface area contributed by atoms with Gasteiger partial charge >= 0.3 is 0 Å². The molecule has 3 N–H and O–H groups in total. The molecule has 1 aliphatic rings. The Labute approximate surface area is 80.3 Å². The lowest BCUT2D eigenvalue weighted by molar-refractivity contribution is -0.0599. The average Bonchev–Trinajstić information content (AvgIpc) is 2.08. The Kier molecular flexibility index (Phi) is 4.16. The molecule has 0 aliphatic heterocycles. The highest BCUT2D eigenvalue weighted by molar-refractivity contribution is 4.83. The third-order valence-corrected chi connectivity index (χ3v) is 2.92. The van der Waals surface area contributed by atoms with E-state index in [1.165, 1.54) is 19.3 Å². The highest BCUT2D eigenvalue weighted by atomic mass is 16.5. The van der Waals surface area contributed by atoms with E-state index >= 15 is 0 Å². The monoisotopic (exact) mass is 187 g/mol. The van der Waals surface area contributed by atoms with Gasteiger partial charge in [-0.2, -0.15) is 0 Å². The topological polar surface area (TPSA) is 55.5 Å². The minimum absolute atomic E-state index is 0.0836. The minimum atomic E-state index is -0.214. The van der Waals surface area contributed by atoms with Crippen LogP contribution in [0.4, 0.5) is 0 Å². The van der Waals surface area contributed by atoms with Gasteiger partial charge in [-0.05, 0) is 19.3 Å². The van der Waals surface area contributed by atoms with Crippen LogP contribution in [-0.4, -0.2) is 30.5 Å². The molecule has 1 saturated carbocycles. The van der Waals surface area contributed by atoms with Crippen molar-refractivity contribution in [3.63, 3.8) is 0 Å². The second-order valence-corrected chi connectivity index (χ2v) is 4.23. The van der Waals surface area contributed by atoms with Crippen LogP contribution in [0.25, 0.3) is 0 Å². The maximum atomic E-state index is 8.66. The lowest BCUT2D eigenvalue weighted by atomic mass is 9.78. The summed E-state index contributed by atoms with van der Waals surface area (Å²) in [4.78, 5) is 0. The first-order valence-corrected chi connectivity index (χ1v) is 5.15. The van der Waals surface area contributed by atoms with E-state index in [0.29, 0.717) is 13.2 Å². The summed E-state index contributed by atoms with van der Waals surface area (Å²) < 4.78 is 5.56. The number of nitrogens with two attached hydrogens (primary N) is 1. The molecule has 0 bridgehead atoms. The molecular formula is C10H21NO2. The molecule has 0 aromatic carbocycles. The van der Waals surface area contributed by atoms with E-state index in [1.807, 2.05) is 6.92 Å². The second kappa shape index (κ2) is 4.94. The van der Waals surface area contributed by atoms with Gasteiger partial charge in [0.05, 0.1) is 18.8 Å². The van der Waals surface area contributed by atoms with Crippen molar-refractivity contribution in [3.05, 3.63) is 0 Å². The van der Waals surface area contributed by atoms with Crippen molar-refractivity contribution in [3.8, 4) is 0 Å². The number of hydrogen-bond donors (Lipinski definition) is 2. The molecule has 0 aromatic rings. The average molecular weight is 187 g/mol. The Balaban J connectivity index is 2.28. The van der Waals surface area contributed by atoms with Crippen LogP contribution < -0.4 is 5.73 Å². The molecule has 0 saturated heterocycles. The molecule has 1 fully saturated rings. The molecule has 0 spiro atoms. The SMILES string of the molecule is CC(CN)(CC1CCC1)OCCO. The van der Waals surface area contributed by atoms with Gasteiger partial charge in [0.25, 0.3) is 0 Å². The van der Waals surface area contributed by atoms with Crippen LogP contribution in [0, 0.1) is 5.92 Å². The molecule has 1 atom stereocenters. The van der Waals surface area contributed by atoms with Gasteiger partial charge < -0.3 is 15.6 Å². The van der Waals surface area contributed by atoms with Gasteiger partial charge in [-0.3, -0.25) is 0 Å². The van der Waals surface area contributed by atoms with Crippen LogP contribution in [-0.2, 0) is 4.74 Å². The fourth-order valence-corrected chi connectivity index (χ4v) is 1.80. The molecule has 1 rings (SSSR count). The van der Waals surface area contributed by atoms with E-state index in [-0.39, 0.29) is 12.2 Å². The minimum Gasteiger partial charge on any atom is -0.394 e. The van der Waals surface area contributed by atoms with E-state index in [9.17, 15) is 0 Å². The van der Waals surface area contributed by atoms with Crippen LogP contribution in [0.3, 0.4) is 0 Å². The highest BCUT2D eigenvalue weighted by Crippen LogP contribution is 2.34. The van der Waals surface area contributed by atoms with Crippen molar-refractivity contribution >= 4 is 0 Å². The Morgan fingerprint density at radius 3 is 2.62 bits per heavy atom. The van der Waals surface area contributed by atoms with Gasteiger partial charge in [0.1, 0.15) is 0 Å². The Bertz CT molecular complexity index is 148. The van der Waals surface area contributed by atoms with Crippen LogP contribution >= 0.6 is 0 Å². The Hall–Kier alpha value is -0.120. The fraction of sp³-hybridized carbons (Fsp3) is 1.00. The van der Waals surface area contributed by atoms with Crippen molar-refractivity contribution in [2.75, 3.05) is 19.8 Å². The number of aliphatic hydroxyl groups excluding tert-OH is 1. The normalized spacial score (nSPS) is 22.4. The van der Waals surface area contributed by atoms with Crippen molar-refractivity contribution in [1.82, 2.24) is 0 Å². The van der Waals surface area contributed by atoms with Gasteiger partial charge in [0.15, 0.2) is 0 Å². The third-order valence-electron chi connectivity index (χ3n) is 2.92. The summed E-state index contributed by atoms with van der Waals surface area (Å²) >= 11 is 0. The quantitative estimate of drug-likeness (QED) is 0.649. The Morgan fingerprint density at radius 1 is 1.54 bits per heavy atom. The maximum Gasteiger partial charge on any atom is 0.0779 e. The van der Waals surface area contributed by atoms with Crippen molar-refractivity contribution < 1.29 is 9.84 Å². The van der Waals surface area contributed by atoms with Crippen LogP contribution in [0.5, 0.6) is 0 Å². The molecule has 1 aliphatic carbocycles. The van der Waals surface area contributed by atoms with Crippen LogP contribution in [0.1, 0.15) is 32.6 Å². The molecule has 13 heavy (non-hydrogen) atoms. The number of rotatable bonds is 6. The number of aliphatic hydroxyl groups is 1. The van der Waals surface area contributed by atoms with Gasteiger partial charge in [-0.25, -0.2) is 0 Å². The van der Waals surface area contributed by atoms with Gasteiger partial charge in [0, 0.05) is 6.54 Å². The van der Waals surface area contributed by atoms with Crippen molar-refractivity contribution in [1.29, 1.82) is 0 Å². The van der Waals surface area contributed by atoms with Gasteiger partial charge in [-0.1, -0.05) is 19.3 Å². The third kappa shape index (κ3) is 3.25. The van der Waals surface area contributed by atoms with Crippen molar-refractivity contribution in [2.45, 2.75) is 38.2 Å². The zero-order valence-corrected chi connectivity index (χ0v) is 8.46. The zero-order valence-electron chi connectivity index (χ0n) is 8.46. The van der Waals surface area contributed by atoms with E-state index in [1.54, 1.807) is 0 Å². The first kappa shape index (κ1) is 11.0. The molecule has 78 valence electrons. The van der Waals surface area contributed by atoms with Crippen LogP contribution in [0.2, 0.25) is 0 Å². The summed E-state index contributed by atoms with van der Waals surface area (Å²) in [5.41, 5.74) is 5.45.